The molecule has 2 N–H and O–H groups in total. The van der Waals surface area contributed by atoms with Gasteiger partial charge in [-0.25, -0.2) is 4.98 Å². The maximum Gasteiger partial charge on any atom is 0.111 e. The highest BCUT2D eigenvalue weighted by Crippen LogP contribution is 2.20. The van der Waals surface area contributed by atoms with Crippen molar-refractivity contribution in [2.45, 2.75) is 19.3 Å². The molecule has 84 valence electrons. The Balaban J connectivity index is 2.26. The Morgan fingerprint density at radius 2 is 2.12 bits per heavy atom. The average Bonchev–Trinajstić information content (AvgIpc) is 2.81. The number of nitrogens with one attached hydrogen (secondary N) is 1. The van der Waals surface area contributed by atoms with Crippen LogP contribution in [0.4, 0.5) is 0 Å². The van der Waals surface area contributed by atoms with Gasteiger partial charge >= 0.3 is 0 Å². The van der Waals surface area contributed by atoms with Gasteiger partial charge in [-0.1, -0.05) is 6.92 Å². The molecule has 1 unspecified atom stereocenters. The van der Waals surface area contributed by atoms with Crippen LogP contribution in [0.1, 0.15) is 25.1 Å². The van der Waals surface area contributed by atoms with E-state index in [4.69, 9.17) is 0 Å². The molecule has 0 radical (unpaired) electrons. The summed E-state index contributed by atoms with van der Waals surface area (Å²) in [6.45, 7) is 2.16. The van der Waals surface area contributed by atoms with E-state index in [-0.39, 0.29) is 12.5 Å². The predicted molar refractivity (Wildman–Crippen MR) is 61.9 cm³/mol. The van der Waals surface area contributed by atoms with Crippen LogP contribution >= 0.6 is 0 Å². The maximum absolute atomic E-state index is 9.19. The second kappa shape index (κ2) is 4.90. The number of rotatable bonds is 4. The molecule has 0 aliphatic rings. The molecule has 0 saturated carbocycles. The Kier molecular flexibility index (Phi) is 3.31. The minimum Gasteiger partial charge on any atom is -0.396 e. The van der Waals surface area contributed by atoms with Crippen molar-refractivity contribution in [1.29, 1.82) is 0 Å². The minimum absolute atomic E-state index is 0.0931. The topological polar surface area (TPSA) is 61.8 Å². The summed E-state index contributed by atoms with van der Waals surface area (Å²) in [5, 5.41) is 9.19. The molecule has 4 heteroatoms. The number of aromatic amines is 1. The van der Waals surface area contributed by atoms with Gasteiger partial charge in [0.1, 0.15) is 5.82 Å². The van der Waals surface area contributed by atoms with E-state index in [2.05, 4.69) is 15.0 Å². The Morgan fingerprint density at radius 3 is 2.75 bits per heavy atom. The molecule has 1 atom stereocenters. The molecule has 2 aromatic heterocycles. The van der Waals surface area contributed by atoms with E-state index in [1.165, 1.54) is 0 Å². The summed E-state index contributed by atoms with van der Waals surface area (Å²) in [7, 11) is 0. The van der Waals surface area contributed by atoms with E-state index in [0.29, 0.717) is 0 Å². The zero-order valence-corrected chi connectivity index (χ0v) is 9.22. The van der Waals surface area contributed by atoms with Crippen LogP contribution in [0.5, 0.6) is 0 Å². The van der Waals surface area contributed by atoms with Gasteiger partial charge in [-0.15, -0.1) is 0 Å². The number of aromatic nitrogens is 3. The SMILES string of the molecule is CCC(CO)c1ncc(-c2ccncc2)[nH]1. The van der Waals surface area contributed by atoms with Crippen LogP contribution in [0.25, 0.3) is 11.3 Å². The van der Waals surface area contributed by atoms with Gasteiger partial charge in [-0.2, -0.15) is 0 Å². The summed E-state index contributed by atoms with van der Waals surface area (Å²) in [4.78, 5) is 11.5. The first-order valence-corrected chi connectivity index (χ1v) is 5.41. The van der Waals surface area contributed by atoms with Crippen LogP contribution in [0.3, 0.4) is 0 Å². The number of H-pyrrole nitrogens is 1. The molecule has 4 nitrogen and oxygen atoms in total. The van der Waals surface area contributed by atoms with Gasteiger partial charge in [-0.05, 0) is 18.6 Å². The van der Waals surface area contributed by atoms with Crippen LogP contribution in [0, 0.1) is 0 Å². The molecule has 0 spiro atoms. The Hall–Kier alpha value is -1.68. The Labute approximate surface area is 94.4 Å². The van der Waals surface area contributed by atoms with E-state index < -0.39 is 0 Å². The number of hydrogen-bond donors (Lipinski definition) is 2. The molecule has 0 aromatic carbocycles. The third-order valence-electron chi connectivity index (χ3n) is 2.69. The molecule has 2 heterocycles. The fraction of sp³-hybridized carbons (Fsp3) is 0.333. The molecule has 2 aromatic rings. The minimum atomic E-state index is 0.0931. The van der Waals surface area contributed by atoms with E-state index in [9.17, 15) is 5.11 Å². The maximum atomic E-state index is 9.19. The molecule has 0 amide bonds. The van der Waals surface area contributed by atoms with Crippen LogP contribution in [-0.2, 0) is 0 Å². The molecule has 0 aliphatic heterocycles. The largest absolute Gasteiger partial charge is 0.396 e. The van der Waals surface area contributed by atoms with Gasteiger partial charge in [0.25, 0.3) is 0 Å². The Bertz CT molecular complexity index is 435. The summed E-state index contributed by atoms with van der Waals surface area (Å²) < 4.78 is 0. The molecule has 2 rings (SSSR count). The molecule has 0 aliphatic carbocycles. The van der Waals surface area contributed by atoms with Gasteiger partial charge in [0.2, 0.25) is 0 Å². The lowest BCUT2D eigenvalue weighted by molar-refractivity contribution is 0.258. The summed E-state index contributed by atoms with van der Waals surface area (Å²) >= 11 is 0. The third kappa shape index (κ3) is 2.12. The first-order valence-electron chi connectivity index (χ1n) is 5.41. The summed E-state index contributed by atoms with van der Waals surface area (Å²) in [5.41, 5.74) is 2.02. The number of imidazole rings is 1. The van der Waals surface area contributed by atoms with Crippen molar-refractivity contribution in [2.75, 3.05) is 6.61 Å². The average molecular weight is 217 g/mol. The quantitative estimate of drug-likeness (QED) is 0.822. The Morgan fingerprint density at radius 1 is 1.38 bits per heavy atom. The van der Waals surface area contributed by atoms with Gasteiger partial charge in [-0.3, -0.25) is 4.98 Å². The highest BCUT2D eigenvalue weighted by molar-refractivity contribution is 5.57. The van der Waals surface area contributed by atoms with Crippen LogP contribution in [-0.4, -0.2) is 26.7 Å². The van der Waals surface area contributed by atoms with Crippen molar-refractivity contribution in [3.63, 3.8) is 0 Å². The standard InChI is InChI=1S/C12H15N3O/c1-2-9(8-16)12-14-7-11(15-12)10-3-5-13-6-4-10/h3-7,9,16H,2,8H2,1H3,(H,14,15). The number of aliphatic hydroxyl groups excluding tert-OH is 1. The fourth-order valence-corrected chi connectivity index (χ4v) is 1.63. The van der Waals surface area contributed by atoms with Gasteiger partial charge in [0, 0.05) is 23.9 Å². The second-order valence-corrected chi connectivity index (χ2v) is 3.71. The molecule has 0 fully saturated rings. The first kappa shape index (κ1) is 10.8. The van der Waals surface area contributed by atoms with E-state index >= 15 is 0 Å². The summed E-state index contributed by atoms with van der Waals surface area (Å²) in [6, 6.07) is 3.86. The van der Waals surface area contributed by atoms with Crippen molar-refractivity contribution < 1.29 is 5.11 Å². The smallest absolute Gasteiger partial charge is 0.111 e. The van der Waals surface area contributed by atoms with E-state index in [0.717, 1.165) is 23.5 Å². The second-order valence-electron chi connectivity index (χ2n) is 3.71. The van der Waals surface area contributed by atoms with E-state index in [1.807, 2.05) is 19.1 Å². The van der Waals surface area contributed by atoms with Crippen LogP contribution in [0.2, 0.25) is 0 Å². The zero-order valence-electron chi connectivity index (χ0n) is 9.22. The molecule has 0 bridgehead atoms. The van der Waals surface area contributed by atoms with Crippen molar-refractivity contribution >= 4 is 0 Å². The normalized spacial score (nSPS) is 12.6. The van der Waals surface area contributed by atoms with Crippen molar-refractivity contribution in [3.8, 4) is 11.3 Å². The fourth-order valence-electron chi connectivity index (χ4n) is 1.63. The van der Waals surface area contributed by atoms with Crippen LogP contribution < -0.4 is 0 Å². The van der Waals surface area contributed by atoms with Gasteiger partial charge in [0.15, 0.2) is 0 Å². The van der Waals surface area contributed by atoms with Crippen molar-refractivity contribution in [3.05, 3.63) is 36.5 Å². The lowest BCUT2D eigenvalue weighted by Gasteiger charge is -2.07. The van der Waals surface area contributed by atoms with Crippen molar-refractivity contribution in [2.24, 2.45) is 0 Å². The predicted octanol–water partition coefficient (Wildman–Crippen LogP) is 1.96. The van der Waals surface area contributed by atoms with Gasteiger partial charge < -0.3 is 10.1 Å². The zero-order chi connectivity index (χ0) is 11.4. The lowest BCUT2D eigenvalue weighted by atomic mass is 10.1. The summed E-state index contributed by atoms with van der Waals surface area (Å²) in [6.07, 6.45) is 6.17. The van der Waals surface area contributed by atoms with Crippen molar-refractivity contribution in [1.82, 2.24) is 15.0 Å². The van der Waals surface area contributed by atoms with E-state index in [1.54, 1.807) is 18.6 Å². The third-order valence-corrected chi connectivity index (χ3v) is 2.69. The molecular weight excluding hydrogens is 202 g/mol. The monoisotopic (exact) mass is 217 g/mol. The summed E-state index contributed by atoms with van der Waals surface area (Å²) in [5.74, 6) is 0.937. The number of nitrogens with zero attached hydrogens (tertiary/aromatic N) is 2. The number of hydrogen-bond acceptors (Lipinski definition) is 3. The lowest BCUT2D eigenvalue weighted by Crippen LogP contribution is -2.04. The number of pyridine rings is 1. The van der Waals surface area contributed by atoms with Crippen LogP contribution in [0.15, 0.2) is 30.7 Å². The number of aliphatic hydroxyl groups is 1. The highest BCUT2D eigenvalue weighted by Gasteiger charge is 2.12. The molecule has 16 heavy (non-hydrogen) atoms. The highest BCUT2D eigenvalue weighted by atomic mass is 16.3. The van der Waals surface area contributed by atoms with Gasteiger partial charge in [0.05, 0.1) is 18.5 Å². The molecule has 0 saturated heterocycles. The first-order chi connectivity index (χ1) is 7.85. The molecular formula is C12H15N3O.